The van der Waals surface area contributed by atoms with Crippen molar-refractivity contribution >= 4 is 39.1 Å². The van der Waals surface area contributed by atoms with Crippen LogP contribution in [0.15, 0.2) is 21.4 Å². The van der Waals surface area contributed by atoms with Crippen LogP contribution >= 0.6 is 23.1 Å². The van der Waals surface area contributed by atoms with Crippen molar-refractivity contribution in [1.29, 1.82) is 0 Å². The Morgan fingerprint density at radius 1 is 1.56 bits per heavy atom. The summed E-state index contributed by atoms with van der Waals surface area (Å²) in [7, 11) is 1.74. The molecule has 0 bridgehead atoms. The maximum atomic E-state index is 12.0. The van der Waals surface area contributed by atoms with Crippen molar-refractivity contribution in [2.45, 2.75) is 24.9 Å². The van der Waals surface area contributed by atoms with Gasteiger partial charge in [-0.1, -0.05) is 11.8 Å². The Hall–Kier alpha value is -1.14. The number of carbonyl (C=O) groups excluding carboxylic acids is 1. The summed E-state index contributed by atoms with van der Waals surface area (Å²) in [6, 6.07) is 1.86. The third-order valence-electron chi connectivity index (χ3n) is 2.55. The number of thiophene rings is 1. The summed E-state index contributed by atoms with van der Waals surface area (Å²) < 4.78 is 2.28. The number of aromatic nitrogens is 2. The summed E-state index contributed by atoms with van der Waals surface area (Å²) in [6.07, 6.45) is 1.40. The fourth-order valence-electron chi connectivity index (χ4n) is 1.58. The fraction of sp³-hybridized carbons (Fsp3) is 0.417. The Kier molecular flexibility index (Phi) is 4.19. The van der Waals surface area contributed by atoms with Gasteiger partial charge in [0.25, 0.3) is 5.56 Å². The van der Waals surface area contributed by atoms with Crippen LogP contribution in [0, 0.1) is 0 Å². The molecule has 0 aliphatic rings. The lowest BCUT2D eigenvalue weighted by Crippen LogP contribution is -2.18. The van der Waals surface area contributed by atoms with Crippen molar-refractivity contribution < 1.29 is 4.79 Å². The van der Waals surface area contributed by atoms with E-state index in [0.29, 0.717) is 11.1 Å². The summed E-state index contributed by atoms with van der Waals surface area (Å²) in [6.45, 7) is 1.59. The zero-order valence-corrected chi connectivity index (χ0v) is 11.9. The lowest BCUT2D eigenvalue weighted by atomic mass is 10.3. The van der Waals surface area contributed by atoms with Gasteiger partial charge in [0.05, 0.1) is 5.52 Å². The van der Waals surface area contributed by atoms with Crippen LogP contribution in [0.3, 0.4) is 0 Å². The minimum Gasteiger partial charge on any atom is -0.300 e. The minimum atomic E-state index is 0.00377. The Morgan fingerprint density at radius 3 is 3.06 bits per heavy atom. The van der Waals surface area contributed by atoms with Gasteiger partial charge in [-0.2, -0.15) is 0 Å². The molecule has 4 nitrogen and oxygen atoms in total. The van der Waals surface area contributed by atoms with E-state index >= 15 is 0 Å². The van der Waals surface area contributed by atoms with Crippen molar-refractivity contribution in [3.63, 3.8) is 0 Å². The number of hydrogen-bond acceptors (Lipinski definition) is 5. The van der Waals surface area contributed by atoms with Gasteiger partial charge >= 0.3 is 0 Å². The molecular formula is C12H14N2O2S2. The third kappa shape index (κ3) is 2.81. The molecule has 2 aromatic rings. The van der Waals surface area contributed by atoms with Gasteiger partial charge in [0.1, 0.15) is 10.5 Å². The summed E-state index contributed by atoms with van der Waals surface area (Å²) in [4.78, 5) is 27.3. The second kappa shape index (κ2) is 5.67. The number of carbonyl (C=O) groups is 1. The highest BCUT2D eigenvalue weighted by Gasteiger charge is 2.09. The number of nitrogens with zero attached hydrogens (tertiary/aromatic N) is 2. The van der Waals surface area contributed by atoms with E-state index in [0.717, 1.165) is 22.8 Å². The SMILES string of the molecule is CC(=O)CCCSc1nc2ccsc2c(=O)n1C. The van der Waals surface area contributed by atoms with E-state index in [1.807, 2.05) is 11.4 Å². The molecule has 2 rings (SSSR count). The first-order valence-electron chi connectivity index (χ1n) is 5.66. The highest BCUT2D eigenvalue weighted by molar-refractivity contribution is 7.99. The van der Waals surface area contributed by atoms with Crippen LogP contribution in [-0.4, -0.2) is 21.1 Å². The molecule has 6 heteroatoms. The normalized spacial score (nSPS) is 11.0. The molecule has 96 valence electrons. The van der Waals surface area contributed by atoms with Gasteiger partial charge in [0.2, 0.25) is 0 Å². The van der Waals surface area contributed by atoms with Gasteiger partial charge in [-0.25, -0.2) is 4.98 Å². The predicted octanol–water partition coefficient (Wildman–Crippen LogP) is 2.46. The third-order valence-corrected chi connectivity index (χ3v) is 4.56. The Bertz CT molecular complexity index is 631. The number of thioether (sulfide) groups is 1. The van der Waals surface area contributed by atoms with Crippen molar-refractivity contribution in [3.8, 4) is 0 Å². The molecule has 0 radical (unpaired) electrons. The summed E-state index contributed by atoms with van der Waals surface area (Å²) in [5.41, 5.74) is 0.765. The first-order valence-corrected chi connectivity index (χ1v) is 7.52. The maximum Gasteiger partial charge on any atom is 0.271 e. The zero-order valence-electron chi connectivity index (χ0n) is 10.3. The highest BCUT2D eigenvalue weighted by Crippen LogP contribution is 2.20. The minimum absolute atomic E-state index is 0.00377. The molecule has 0 unspecified atom stereocenters. The number of Topliss-reactive ketones (excluding diaryl/α,β-unsaturated/α-hetero) is 1. The van der Waals surface area contributed by atoms with E-state index in [2.05, 4.69) is 4.98 Å². The molecule has 2 heterocycles. The molecule has 0 amide bonds. The molecule has 0 saturated carbocycles. The Morgan fingerprint density at radius 2 is 2.33 bits per heavy atom. The standard InChI is InChI=1S/C12H14N2O2S2/c1-8(15)4-3-6-18-12-13-9-5-7-17-10(9)11(16)14(12)2/h5,7H,3-4,6H2,1-2H3. The first-order chi connectivity index (χ1) is 8.59. The van der Waals surface area contributed by atoms with Gasteiger partial charge in [-0.15, -0.1) is 11.3 Å². The molecule has 2 aromatic heterocycles. The molecular weight excluding hydrogens is 268 g/mol. The van der Waals surface area contributed by atoms with E-state index in [1.165, 1.54) is 23.1 Å². The summed E-state index contributed by atoms with van der Waals surface area (Å²) in [5.74, 6) is 1.00. The van der Waals surface area contributed by atoms with E-state index in [1.54, 1.807) is 18.5 Å². The molecule has 0 N–H and O–H groups in total. The van der Waals surface area contributed by atoms with E-state index in [9.17, 15) is 9.59 Å². The van der Waals surface area contributed by atoms with Crippen LogP contribution < -0.4 is 5.56 Å². The molecule has 0 aromatic carbocycles. The predicted molar refractivity (Wildman–Crippen MR) is 75.5 cm³/mol. The molecule has 0 spiro atoms. The van der Waals surface area contributed by atoms with Crippen molar-refractivity contribution in [2.75, 3.05) is 5.75 Å². The first kappa shape index (κ1) is 13.3. The van der Waals surface area contributed by atoms with Gasteiger partial charge < -0.3 is 4.79 Å². The van der Waals surface area contributed by atoms with Gasteiger partial charge in [0, 0.05) is 19.2 Å². The average Bonchev–Trinajstić information content (AvgIpc) is 2.78. The van der Waals surface area contributed by atoms with Gasteiger partial charge in [0.15, 0.2) is 5.16 Å². The van der Waals surface area contributed by atoms with Crippen LogP contribution in [0.5, 0.6) is 0 Å². The maximum absolute atomic E-state index is 12.0. The van der Waals surface area contributed by atoms with E-state index in [4.69, 9.17) is 0 Å². The topological polar surface area (TPSA) is 52.0 Å². The zero-order chi connectivity index (χ0) is 13.1. The quantitative estimate of drug-likeness (QED) is 0.480. The van der Waals surface area contributed by atoms with Crippen molar-refractivity contribution in [1.82, 2.24) is 9.55 Å². The van der Waals surface area contributed by atoms with Crippen molar-refractivity contribution in [3.05, 3.63) is 21.8 Å². The smallest absolute Gasteiger partial charge is 0.271 e. The number of rotatable bonds is 5. The van der Waals surface area contributed by atoms with Gasteiger partial charge in [-0.05, 0) is 24.8 Å². The fourth-order valence-corrected chi connectivity index (χ4v) is 3.30. The number of fused-ring (bicyclic) bond motifs is 1. The van der Waals surface area contributed by atoms with Crippen LogP contribution in [0.2, 0.25) is 0 Å². The largest absolute Gasteiger partial charge is 0.300 e. The highest BCUT2D eigenvalue weighted by atomic mass is 32.2. The van der Waals surface area contributed by atoms with E-state index in [-0.39, 0.29) is 11.3 Å². The molecule has 18 heavy (non-hydrogen) atoms. The second-order valence-electron chi connectivity index (χ2n) is 4.05. The summed E-state index contributed by atoms with van der Waals surface area (Å²) >= 11 is 2.95. The lowest BCUT2D eigenvalue weighted by molar-refractivity contribution is -0.117. The average molecular weight is 282 g/mol. The van der Waals surface area contributed by atoms with Crippen molar-refractivity contribution in [2.24, 2.45) is 7.05 Å². The second-order valence-corrected chi connectivity index (χ2v) is 6.03. The number of ketones is 1. The number of hydrogen-bond donors (Lipinski definition) is 0. The Balaban J connectivity index is 2.15. The molecule has 0 fully saturated rings. The van der Waals surface area contributed by atoms with Crippen LogP contribution in [0.1, 0.15) is 19.8 Å². The Labute approximate surface area is 113 Å². The van der Waals surface area contributed by atoms with E-state index < -0.39 is 0 Å². The van der Waals surface area contributed by atoms with Gasteiger partial charge in [-0.3, -0.25) is 9.36 Å². The molecule has 0 aliphatic carbocycles. The molecule has 0 saturated heterocycles. The van der Waals surface area contributed by atoms with Crippen LogP contribution in [0.4, 0.5) is 0 Å². The summed E-state index contributed by atoms with van der Waals surface area (Å²) in [5, 5.41) is 2.60. The lowest BCUT2D eigenvalue weighted by Gasteiger charge is -2.06. The monoisotopic (exact) mass is 282 g/mol. The van der Waals surface area contributed by atoms with Crippen LogP contribution in [-0.2, 0) is 11.8 Å². The molecule has 0 aliphatic heterocycles. The molecule has 0 atom stereocenters. The van der Waals surface area contributed by atoms with Crippen LogP contribution in [0.25, 0.3) is 10.2 Å².